The van der Waals surface area contributed by atoms with E-state index in [2.05, 4.69) is 16.0 Å². The maximum atomic E-state index is 11.8. The van der Waals surface area contributed by atoms with E-state index in [1.807, 2.05) is 20.8 Å². The number of hydrogen-bond donors (Lipinski definition) is 3. The smallest absolute Gasteiger partial charge is 0.242 e. The fraction of sp³-hybridized carbons (Fsp3) is 0.833. The Bertz CT molecular complexity index is 291. The van der Waals surface area contributed by atoms with E-state index in [-0.39, 0.29) is 23.4 Å². The number of nitrogens with one attached hydrogen (secondary N) is 3. The van der Waals surface area contributed by atoms with E-state index in [0.29, 0.717) is 0 Å². The van der Waals surface area contributed by atoms with Crippen LogP contribution in [0.2, 0.25) is 0 Å². The van der Waals surface area contributed by atoms with Gasteiger partial charge in [-0.25, -0.2) is 0 Å². The van der Waals surface area contributed by atoms with Crippen LogP contribution >= 0.6 is 0 Å². The largest absolute Gasteiger partial charge is 0.350 e. The average molecular weight is 241 g/mol. The maximum absolute atomic E-state index is 11.8. The summed E-state index contributed by atoms with van der Waals surface area (Å²) in [5, 5.41) is 8.68. The Kier molecular flexibility index (Phi) is 4.51. The molecule has 1 unspecified atom stereocenters. The molecule has 1 saturated heterocycles. The molecule has 1 rings (SSSR count). The molecule has 0 aromatic carbocycles. The number of hydrogen-bond acceptors (Lipinski definition) is 3. The molecule has 1 fully saturated rings. The lowest BCUT2D eigenvalue weighted by Gasteiger charge is -2.24. The van der Waals surface area contributed by atoms with E-state index in [1.54, 1.807) is 6.92 Å². The Morgan fingerprint density at radius 2 is 2.00 bits per heavy atom. The van der Waals surface area contributed by atoms with Crippen LogP contribution in [0.1, 0.15) is 40.5 Å². The van der Waals surface area contributed by atoms with Crippen molar-refractivity contribution in [1.29, 1.82) is 0 Å². The zero-order valence-corrected chi connectivity index (χ0v) is 11.1. The zero-order chi connectivity index (χ0) is 13.1. The van der Waals surface area contributed by atoms with Gasteiger partial charge in [0.25, 0.3) is 0 Å². The molecule has 1 aliphatic heterocycles. The second-order valence-corrected chi connectivity index (χ2v) is 5.62. The number of carbonyl (C=O) groups is 2. The molecule has 0 aliphatic carbocycles. The molecule has 2 atom stereocenters. The van der Waals surface area contributed by atoms with Crippen LogP contribution in [0.25, 0.3) is 0 Å². The zero-order valence-electron chi connectivity index (χ0n) is 11.1. The summed E-state index contributed by atoms with van der Waals surface area (Å²) >= 11 is 0. The van der Waals surface area contributed by atoms with Crippen molar-refractivity contribution >= 4 is 11.8 Å². The third-order valence-corrected chi connectivity index (χ3v) is 2.63. The van der Waals surface area contributed by atoms with Crippen molar-refractivity contribution in [3.8, 4) is 0 Å². The van der Waals surface area contributed by atoms with Crippen molar-refractivity contribution in [3.63, 3.8) is 0 Å². The lowest BCUT2D eigenvalue weighted by atomic mass is 10.1. The molecule has 0 bridgehead atoms. The molecule has 0 radical (unpaired) electrons. The lowest BCUT2D eigenvalue weighted by molar-refractivity contribution is -0.130. The monoisotopic (exact) mass is 241 g/mol. The van der Waals surface area contributed by atoms with Crippen molar-refractivity contribution in [3.05, 3.63) is 0 Å². The fourth-order valence-electron chi connectivity index (χ4n) is 1.77. The first-order valence-corrected chi connectivity index (χ1v) is 6.15. The van der Waals surface area contributed by atoms with E-state index in [1.165, 1.54) is 0 Å². The lowest BCUT2D eigenvalue weighted by Crippen LogP contribution is -2.53. The summed E-state index contributed by atoms with van der Waals surface area (Å²) in [7, 11) is 0. The predicted molar refractivity (Wildman–Crippen MR) is 66.5 cm³/mol. The third kappa shape index (κ3) is 4.73. The first-order chi connectivity index (χ1) is 7.79. The second-order valence-electron chi connectivity index (χ2n) is 5.62. The Labute approximate surface area is 103 Å². The van der Waals surface area contributed by atoms with Gasteiger partial charge in [-0.05, 0) is 47.1 Å². The Morgan fingerprint density at radius 3 is 2.47 bits per heavy atom. The van der Waals surface area contributed by atoms with E-state index in [9.17, 15) is 9.59 Å². The fourth-order valence-corrected chi connectivity index (χ4v) is 1.77. The summed E-state index contributed by atoms with van der Waals surface area (Å²) in [6, 6.07) is -0.635. The minimum absolute atomic E-state index is 0.0842. The Morgan fingerprint density at radius 1 is 1.35 bits per heavy atom. The first-order valence-electron chi connectivity index (χ1n) is 6.15. The van der Waals surface area contributed by atoms with Gasteiger partial charge >= 0.3 is 0 Å². The van der Waals surface area contributed by atoms with Crippen LogP contribution in [-0.4, -0.2) is 36.0 Å². The normalized spacial score (nSPS) is 22.0. The number of carbonyl (C=O) groups excluding carboxylic acids is 2. The summed E-state index contributed by atoms with van der Waals surface area (Å²) in [6.07, 6.45) is 1.86. The first kappa shape index (κ1) is 14.0. The number of amides is 2. The number of rotatable bonds is 3. The van der Waals surface area contributed by atoms with Gasteiger partial charge in [-0.15, -0.1) is 0 Å². The molecule has 0 aromatic rings. The van der Waals surface area contributed by atoms with Gasteiger partial charge in [0.15, 0.2) is 0 Å². The highest BCUT2D eigenvalue weighted by atomic mass is 16.2. The van der Waals surface area contributed by atoms with Crippen LogP contribution < -0.4 is 16.0 Å². The van der Waals surface area contributed by atoms with E-state index in [4.69, 9.17) is 0 Å². The van der Waals surface area contributed by atoms with Gasteiger partial charge in [0, 0.05) is 5.54 Å². The van der Waals surface area contributed by atoms with Gasteiger partial charge in [-0.1, -0.05) is 0 Å². The predicted octanol–water partition coefficient (Wildman–Crippen LogP) is 0.158. The molecule has 5 heteroatoms. The minimum atomic E-state index is -0.496. The molecule has 17 heavy (non-hydrogen) atoms. The molecule has 3 N–H and O–H groups in total. The molecule has 1 heterocycles. The van der Waals surface area contributed by atoms with E-state index >= 15 is 0 Å². The van der Waals surface area contributed by atoms with Gasteiger partial charge < -0.3 is 16.0 Å². The molecule has 98 valence electrons. The van der Waals surface area contributed by atoms with Crippen LogP contribution in [0.4, 0.5) is 0 Å². The maximum Gasteiger partial charge on any atom is 0.242 e. The standard InChI is InChI=1S/C12H23N3O2/c1-8(10(16)15-12(2,3)4)14-11(17)9-6-5-7-13-9/h8-9,13H,5-7H2,1-4H3,(H,14,17)(H,15,16)/t8?,9-/m0/s1. The quantitative estimate of drug-likeness (QED) is 0.659. The van der Waals surface area contributed by atoms with Crippen molar-refractivity contribution in [2.24, 2.45) is 0 Å². The Balaban J connectivity index is 2.40. The van der Waals surface area contributed by atoms with Crippen molar-refractivity contribution in [1.82, 2.24) is 16.0 Å². The Hall–Kier alpha value is -1.10. The summed E-state index contributed by atoms with van der Waals surface area (Å²) < 4.78 is 0. The van der Waals surface area contributed by atoms with Crippen LogP contribution in [0, 0.1) is 0 Å². The summed E-state index contributed by atoms with van der Waals surface area (Å²) in [5.74, 6) is -0.233. The molecule has 2 amide bonds. The van der Waals surface area contributed by atoms with Crippen LogP contribution in [0.5, 0.6) is 0 Å². The van der Waals surface area contributed by atoms with Gasteiger partial charge in [0.05, 0.1) is 6.04 Å². The van der Waals surface area contributed by atoms with Gasteiger partial charge in [0.2, 0.25) is 11.8 Å². The molecule has 0 aromatic heterocycles. The SMILES string of the molecule is CC(NC(=O)[C@@H]1CCCN1)C(=O)NC(C)(C)C. The van der Waals surface area contributed by atoms with Crippen LogP contribution in [0.15, 0.2) is 0 Å². The van der Waals surface area contributed by atoms with Crippen molar-refractivity contribution in [2.45, 2.75) is 58.2 Å². The topological polar surface area (TPSA) is 70.2 Å². The van der Waals surface area contributed by atoms with Crippen LogP contribution in [-0.2, 0) is 9.59 Å². The second kappa shape index (κ2) is 5.49. The van der Waals surface area contributed by atoms with E-state index in [0.717, 1.165) is 19.4 Å². The minimum Gasteiger partial charge on any atom is -0.350 e. The molecular formula is C12H23N3O2. The van der Waals surface area contributed by atoms with Gasteiger partial charge in [-0.3, -0.25) is 9.59 Å². The van der Waals surface area contributed by atoms with Crippen LogP contribution in [0.3, 0.4) is 0 Å². The molecule has 0 spiro atoms. The van der Waals surface area contributed by atoms with Crippen molar-refractivity contribution < 1.29 is 9.59 Å². The molecular weight excluding hydrogens is 218 g/mol. The van der Waals surface area contributed by atoms with E-state index < -0.39 is 6.04 Å². The summed E-state index contributed by atoms with van der Waals surface area (Å²) in [5.41, 5.74) is -0.276. The van der Waals surface area contributed by atoms with Gasteiger partial charge in [0.1, 0.15) is 6.04 Å². The third-order valence-electron chi connectivity index (χ3n) is 2.63. The highest BCUT2D eigenvalue weighted by Gasteiger charge is 2.26. The summed E-state index contributed by atoms with van der Waals surface area (Å²) in [4.78, 5) is 23.5. The van der Waals surface area contributed by atoms with Gasteiger partial charge in [-0.2, -0.15) is 0 Å². The highest BCUT2D eigenvalue weighted by Crippen LogP contribution is 2.05. The summed E-state index contributed by atoms with van der Waals surface area (Å²) in [6.45, 7) is 8.32. The average Bonchev–Trinajstić information content (AvgIpc) is 2.67. The molecule has 1 aliphatic rings. The molecule has 0 saturated carbocycles. The molecule has 5 nitrogen and oxygen atoms in total. The van der Waals surface area contributed by atoms with Crippen molar-refractivity contribution in [2.75, 3.05) is 6.54 Å². The highest BCUT2D eigenvalue weighted by molar-refractivity contribution is 5.89.